The van der Waals surface area contributed by atoms with Crippen molar-refractivity contribution in [3.05, 3.63) is 68.8 Å². The monoisotopic (exact) mass is 354 g/mol. The highest BCUT2D eigenvalue weighted by Gasteiger charge is 2.35. The molecule has 0 saturated heterocycles. The molecule has 3 rings (SSSR count). The van der Waals surface area contributed by atoms with Gasteiger partial charge < -0.3 is 10.1 Å². The second-order valence-corrected chi connectivity index (χ2v) is 7.34. The van der Waals surface area contributed by atoms with Crippen LogP contribution in [0.15, 0.2) is 36.4 Å². The van der Waals surface area contributed by atoms with Crippen LogP contribution in [-0.2, 0) is 0 Å². The minimum atomic E-state index is -0.470. The molecule has 2 aromatic rings. The zero-order chi connectivity index (χ0) is 19.1. The molecule has 2 aromatic carbocycles. The number of nitrogens with one attached hydrogen (secondary N) is 1. The van der Waals surface area contributed by atoms with E-state index in [1.807, 2.05) is 39.0 Å². The van der Waals surface area contributed by atoms with E-state index in [-0.39, 0.29) is 17.6 Å². The molecule has 1 aliphatic heterocycles. The first-order chi connectivity index (χ1) is 12.2. The number of fused-ring (bicyclic) bond motifs is 1. The molecule has 0 fully saturated rings. The molecule has 0 spiro atoms. The third-order valence-electron chi connectivity index (χ3n) is 4.68. The minimum absolute atomic E-state index is 0.0546. The standard InChI is InChI=1S/C20H22N2O4/c1-12-8-9-15-16(11-20(3,4)26-18(15)10-12)21-19(23)14-6-5-7-17(13(14)2)22(24)25/h5-10,16H,11H2,1-4H3,(H,21,23). The lowest BCUT2D eigenvalue weighted by Crippen LogP contribution is -2.41. The first-order valence-corrected chi connectivity index (χ1v) is 8.52. The Balaban J connectivity index is 1.93. The summed E-state index contributed by atoms with van der Waals surface area (Å²) in [7, 11) is 0. The van der Waals surface area contributed by atoms with Crippen LogP contribution >= 0.6 is 0 Å². The van der Waals surface area contributed by atoms with Crippen molar-refractivity contribution in [3.63, 3.8) is 0 Å². The SMILES string of the molecule is Cc1ccc2c(c1)OC(C)(C)CC2NC(=O)c1cccc([N+](=O)[O-])c1C. The number of hydrogen-bond donors (Lipinski definition) is 1. The lowest BCUT2D eigenvalue weighted by molar-refractivity contribution is -0.385. The van der Waals surface area contributed by atoms with Gasteiger partial charge in [-0.3, -0.25) is 14.9 Å². The number of amides is 1. The Labute approximate surface area is 152 Å². The Kier molecular flexibility index (Phi) is 4.44. The van der Waals surface area contributed by atoms with Crippen LogP contribution in [0.2, 0.25) is 0 Å². The summed E-state index contributed by atoms with van der Waals surface area (Å²) < 4.78 is 6.05. The van der Waals surface area contributed by atoms with Crippen molar-refractivity contribution in [2.75, 3.05) is 0 Å². The second kappa shape index (κ2) is 6.44. The predicted molar refractivity (Wildman–Crippen MR) is 98.5 cm³/mol. The first-order valence-electron chi connectivity index (χ1n) is 8.52. The molecule has 0 saturated carbocycles. The number of carbonyl (C=O) groups is 1. The number of rotatable bonds is 3. The highest BCUT2D eigenvalue weighted by molar-refractivity contribution is 5.96. The van der Waals surface area contributed by atoms with Gasteiger partial charge >= 0.3 is 0 Å². The van der Waals surface area contributed by atoms with Crippen molar-refractivity contribution in [2.45, 2.75) is 45.8 Å². The zero-order valence-electron chi connectivity index (χ0n) is 15.3. The van der Waals surface area contributed by atoms with Crippen molar-refractivity contribution < 1.29 is 14.5 Å². The van der Waals surface area contributed by atoms with Gasteiger partial charge in [0.2, 0.25) is 0 Å². The largest absolute Gasteiger partial charge is 0.487 e. The fourth-order valence-electron chi connectivity index (χ4n) is 3.39. The molecule has 1 atom stereocenters. The van der Waals surface area contributed by atoms with E-state index < -0.39 is 10.5 Å². The third-order valence-corrected chi connectivity index (χ3v) is 4.68. The Morgan fingerprint density at radius 3 is 2.69 bits per heavy atom. The number of nitro benzene ring substituents is 1. The van der Waals surface area contributed by atoms with E-state index in [1.165, 1.54) is 12.1 Å². The van der Waals surface area contributed by atoms with Gasteiger partial charge in [-0.2, -0.15) is 0 Å². The summed E-state index contributed by atoms with van der Waals surface area (Å²) in [6.45, 7) is 7.55. The van der Waals surface area contributed by atoms with Crippen molar-refractivity contribution in [2.24, 2.45) is 0 Å². The van der Waals surface area contributed by atoms with Crippen molar-refractivity contribution in [1.29, 1.82) is 0 Å². The quantitative estimate of drug-likeness (QED) is 0.660. The Morgan fingerprint density at radius 1 is 1.27 bits per heavy atom. The number of ether oxygens (including phenoxy) is 1. The van der Waals surface area contributed by atoms with Gasteiger partial charge in [-0.15, -0.1) is 0 Å². The van der Waals surface area contributed by atoms with Crippen LogP contribution in [0, 0.1) is 24.0 Å². The summed E-state index contributed by atoms with van der Waals surface area (Å²) in [6.07, 6.45) is 0.614. The molecular weight excluding hydrogens is 332 g/mol. The van der Waals surface area contributed by atoms with E-state index in [0.29, 0.717) is 17.5 Å². The molecule has 6 nitrogen and oxygen atoms in total. The normalized spacial score (nSPS) is 17.8. The molecule has 0 radical (unpaired) electrons. The zero-order valence-corrected chi connectivity index (χ0v) is 15.3. The summed E-state index contributed by atoms with van der Waals surface area (Å²) in [5.74, 6) is 0.447. The lowest BCUT2D eigenvalue weighted by Gasteiger charge is -2.38. The molecule has 136 valence electrons. The van der Waals surface area contributed by atoms with Crippen LogP contribution < -0.4 is 10.1 Å². The minimum Gasteiger partial charge on any atom is -0.487 e. The van der Waals surface area contributed by atoms with Gasteiger partial charge in [0.05, 0.1) is 11.0 Å². The molecule has 0 aromatic heterocycles. The van der Waals surface area contributed by atoms with Crippen molar-refractivity contribution in [1.82, 2.24) is 5.32 Å². The number of hydrogen-bond acceptors (Lipinski definition) is 4. The van der Waals surface area contributed by atoms with Gasteiger partial charge in [0.15, 0.2) is 0 Å². The van der Waals surface area contributed by atoms with Crippen LogP contribution in [0.3, 0.4) is 0 Å². The van der Waals surface area contributed by atoms with E-state index in [0.717, 1.165) is 16.9 Å². The van der Waals surface area contributed by atoms with E-state index in [1.54, 1.807) is 13.0 Å². The summed E-state index contributed by atoms with van der Waals surface area (Å²) in [5.41, 5.74) is 2.22. The topological polar surface area (TPSA) is 81.5 Å². The third kappa shape index (κ3) is 3.40. The van der Waals surface area contributed by atoms with Crippen molar-refractivity contribution >= 4 is 11.6 Å². The average Bonchev–Trinajstić information content (AvgIpc) is 2.53. The van der Waals surface area contributed by atoms with E-state index in [4.69, 9.17) is 4.74 Å². The predicted octanol–water partition coefficient (Wildman–Crippen LogP) is 4.24. The highest BCUT2D eigenvalue weighted by atomic mass is 16.6. The van der Waals surface area contributed by atoms with E-state index in [9.17, 15) is 14.9 Å². The van der Waals surface area contributed by atoms with Gasteiger partial charge in [-0.1, -0.05) is 18.2 Å². The molecule has 1 aliphatic rings. The molecule has 0 bridgehead atoms. The molecule has 0 aliphatic carbocycles. The maximum absolute atomic E-state index is 12.8. The van der Waals surface area contributed by atoms with Crippen LogP contribution in [0.5, 0.6) is 5.75 Å². The first kappa shape index (κ1) is 17.9. The van der Waals surface area contributed by atoms with Gasteiger partial charge in [-0.05, 0) is 45.4 Å². The summed E-state index contributed by atoms with van der Waals surface area (Å²) >= 11 is 0. The molecular formula is C20H22N2O4. The van der Waals surface area contributed by atoms with Crippen LogP contribution in [0.25, 0.3) is 0 Å². The molecule has 1 unspecified atom stereocenters. The van der Waals surface area contributed by atoms with Crippen LogP contribution in [0.4, 0.5) is 5.69 Å². The smallest absolute Gasteiger partial charge is 0.273 e. The number of carbonyl (C=O) groups excluding carboxylic acids is 1. The maximum Gasteiger partial charge on any atom is 0.273 e. The Hall–Kier alpha value is -2.89. The summed E-state index contributed by atoms with van der Waals surface area (Å²) in [6, 6.07) is 10.2. The maximum atomic E-state index is 12.8. The molecule has 6 heteroatoms. The van der Waals surface area contributed by atoms with Gasteiger partial charge in [0.1, 0.15) is 11.4 Å². The summed E-state index contributed by atoms with van der Waals surface area (Å²) in [5, 5.41) is 14.2. The molecule has 1 amide bonds. The summed E-state index contributed by atoms with van der Waals surface area (Å²) in [4.78, 5) is 23.5. The Bertz CT molecular complexity index is 889. The van der Waals surface area contributed by atoms with Gasteiger partial charge in [0.25, 0.3) is 11.6 Å². The fraction of sp³-hybridized carbons (Fsp3) is 0.350. The number of nitro groups is 1. The van der Waals surface area contributed by atoms with Crippen molar-refractivity contribution in [3.8, 4) is 5.75 Å². The molecule has 1 heterocycles. The molecule has 1 N–H and O–H groups in total. The van der Waals surface area contributed by atoms with E-state index in [2.05, 4.69) is 5.32 Å². The van der Waals surface area contributed by atoms with Gasteiger partial charge in [0, 0.05) is 29.2 Å². The van der Waals surface area contributed by atoms with Crippen LogP contribution in [-0.4, -0.2) is 16.4 Å². The second-order valence-electron chi connectivity index (χ2n) is 7.34. The molecule has 26 heavy (non-hydrogen) atoms. The average molecular weight is 354 g/mol. The van der Waals surface area contributed by atoms with Gasteiger partial charge in [-0.25, -0.2) is 0 Å². The van der Waals surface area contributed by atoms with E-state index >= 15 is 0 Å². The van der Waals surface area contributed by atoms with Crippen LogP contribution in [0.1, 0.15) is 53.4 Å². The number of aryl methyl sites for hydroxylation is 1. The highest BCUT2D eigenvalue weighted by Crippen LogP contribution is 2.40. The fourth-order valence-corrected chi connectivity index (χ4v) is 3.39. The lowest BCUT2D eigenvalue weighted by atomic mass is 9.89. The Morgan fingerprint density at radius 2 is 2.00 bits per heavy atom. The number of nitrogens with zero attached hydrogens (tertiary/aromatic N) is 1. The number of benzene rings is 2.